The maximum atomic E-state index is 12.1. The Balaban J connectivity index is 2.33. The van der Waals surface area contributed by atoms with E-state index in [0.717, 1.165) is 10.4 Å². The molecule has 0 aliphatic heterocycles. The average molecular weight is 291 g/mol. The molecule has 96 valence electrons. The number of aryl methyl sites for hydroxylation is 1. The van der Waals surface area contributed by atoms with Gasteiger partial charge in [-0.1, -0.05) is 23.7 Å². The summed E-state index contributed by atoms with van der Waals surface area (Å²) in [6, 6.07) is 8.94. The molecule has 0 aliphatic carbocycles. The van der Waals surface area contributed by atoms with Crippen LogP contribution in [0.1, 0.15) is 26.4 Å². The molecule has 1 aromatic carbocycles. The van der Waals surface area contributed by atoms with Gasteiger partial charge < -0.3 is 5.32 Å². The third-order valence-corrected chi connectivity index (χ3v) is 4.29. The Hall–Kier alpha value is -1.83. The molecule has 5 heteroatoms. The molecule has 19 heavy (non-hydrogen) atoms. The summed E-state index contributed by atoms with van der Waals surface area (Å²) >= 11 is 7.37. The molecular weight excluding hydrogens is 280 g/mol. The van der Waals surface area contributed by atoms with E-state index in [4.69, 9.17) is 16.9 Å². The van der Waals surface area contributed by atoms with Gasteiger partial charge in [0, 0.05) is 4.88 Å². The van der Waals surface area contributed by atoms with Gasteiger partial charge in [-0.3, -0.25) is 4.79 Å². The highest BCUT2D eigenvalue weighted by Gasteiger charge is 2.16. The van der Waals surface area contributed by atoms with Crippen LogP contribution in [0, 0.1) is 25.2 Å². The summed E-state index contributed by atoms with van der Waals surface area (Å²) in [5.41, 5.74) is 1.82. The lowest BCUT2D eigenvalue weighted by atomic mass is 10.1. The monoisotopic (exact) mass is 290 g/mol. The van der Waals surface area contributed by atoms with Gasteiger partial charge in [0.25, 0.3) is 5.91 Å². The van der Waals surface area contributed by atoms with E-state index in [1.807, 2.05) is 13.8 Å². The van der Waals surface area contributed by atoms with Crippen molar-refractivity contribution in [1.29, 1.82) is 5.26 Å². The Morgan fingerprint density at radius 1 is 1.37 bits per heavy atom. The lowest BCUT2D eigenvalue weighted by molar-refractivity contribution is 0.102. The number of anilines is 1. The van der Waals surface area contributed by atoms with Crippen LogP contribution in [-0.4, -0.2) is 5.91 Å². The van der Waals surface area contributed by atoms with E-state index < -0.39 is 0 Å². The second kappa shape index (κ2) is 5.43. The lowest BCUT2D eigenvalue weighted by Gasteiger charge is -2.05. The van der Waals surface area contributed by atoms with Crippen molar-refractivity contribution in [2.45, 2.75) is 13.8 Å². The van der Waals surface area contributed by atoms with Crippen LogP contribution in [0.3, 0.4) is 0 Å². The number of carbonyl (C=O) groups excluding carboxylic acids is 1. The number of hydrogen-bond acceptors (Lipinski definition) is 3. The third kappa shape index (κ3) is 2.62. The number of carbonyl (C=O) groups is 1. The zero-order valence-electron chi connectivity index (χ0n) is 10.5. The molecule has 0 saturated heterocycles. The summed E-state index contributed by atoms with van der Waals surface area (Å²) in [5, 5.41) is 12.8. The van der Waals surface area contributed by atoms with Gasteiger partial charge in [0.2, 0.25) is 0 Å². The minimum absolute atomic E-state index is 0.302. The summed E-state index contributed by atoms with van der Waals surface area (Å²) in [4.78, 5) is 13.1. The summed E-state index contributed by atoms with van der Waals surface area (Å²) in [6.07, 6.45) is 0. The van der Waals surface area contributed by atoms with Crippen molar-refractivity contribution in [1.82, 2.24) is 0 Å². The topological polar surface area (TPSA) is 52.9 Å². The summed E-state index contributed by atoms with van der Waals surface area (Å²) < 4.78 is 0. The van der Waals surface area contributed by atoms with Crippen molar-refractivity contribution in [2.24, 2.45) is 0 Å². The van der Waals surface area contributed by atoms with Crippen molar-refractivity contribution in [3.05, 3.63) is 50.9 Å². The first-order valence-electron chi connectivity index (χ1n) is 5.60. The van der Waals surface area contributed by atoms with Gasteiger partial charge in [-0.2, -0.15) is 5.26 Å². The first kappa shape index (κ1) is 13.6. The highest BCUT2D eigenvalue weighted by Crippen LogP contribution is 2.32. The van der Waals surface area contributed by atoms with E-state index in [-0.39, 0.29) is 5.91 Å². The quantitative estimate of drug-likeness (QED) is 0.903. The predicted octanol–water partition coefficient (Wildman–Crippen LogP) is 4.14. The van der Waals surface area contributed by atoms with Crippen LogP contribution in [-0.2, 0) is 0 Å². The smallest absolute Gasteiger partial charge is 0.257 e. The zero-order chi connectivity index (χ0) is 14.0. The second-order valence-electron chi connectivity index (χ2n) is 4.03. The third-order valence-electron chi connectivity index (χ3n) is 2.84. The van der Waals surface area contributed by atoms with Gasteiger partial charge in [0.15, 0.2) is 0 Å². The van der Waals surface area contributed by atoms with Gasteiger partial charge in [0.1, 0.15) is 11.1 Å². The molecule has 0 atom stereocenters. The SMILES string of the molecule is Cc1sc(NC(=O)c2ccccc2Cl)c(C#N)c1C. The summed E-state index contributed by atoms with van der Waals surface area (Å²) in [7, 11) is 0. The molecule has 1 N–H and O–H groups in total. The number of thiophene rings is 1. The van der Waals surface area contributed by atoms with Crippen LogP contribution in [0.5, 0.6) is 0 Å². The highest BCUT2D eigenvalue weighted by atomic mass is 35.5. The minimum Gasteiger partial charge on any atom is -0.312 e. The Labute approximate surface area is 120 Å². The van der Waals surface area contributed by atoms with Crippen LogP contribution in [0.15, 0.2) is 24.3 Å². The molecule has 1 heterocycles. The van der Waals surface area contributed by atoms with Crippen LogP contribution < -0.4 is 5.32 Å². The number of hydrogen-bond donors (Lipinski definition) is 1. The number of rotatable bonds is 2. The largest absolute Gasteiger partial charge is 0.312 e. The van der Waals surface area contributed by atoms with Gasteiger partial charge in [-0.15, -0.1) is 11.3 Å². The normalized spacial score (nSPS) is 10.0. The standard InChI is InChI=1S/C14H11ClN2OS/c1-8-9(2)19-14(11(8)7-16)17-13(18)10-5-3-4-6-12(10)15/h3-6H,1-2H3,(H,17,18). The summed E-state index contributed by atoms with van der Waals surface area (Å²) in [6.45, 7) is 3.79. The van der Waals surface area contributed by atoms with E-state index >= 15 is 0 Å². The van der Waals surface area contributed by atoms with Crippen LogP contribution in [0.25, 0.3) is 0 Å². The second-order valence-corrected chi connectivity index (χ2v) is 5.67. The van der Waals surface area contributed by atoms with E-state index in [1.165, 1.54) is 11.3 Å². The first-order valence-corrected chi connectivity index (χ1v) is 6.80. The molecular formula is C14H11ClN2OS. The number of nitrogens with zero attached hydrogens (tertiary/aromatic N) is 1. The van der Waals surface area contributed by atoms with Crippen LogP contribution in [0.4, 0.5) is 5.00 Å². The van der Waals surface area contributed by atoms with Crippen molar-refractivity contribution in [3.63, 3.8) is 0 Å². The van der Waals surface area contributed by atoms with E-state index in [0.29, 0.717) is 21.2 Å². The molecule has 0 radical (unpaired) electrons. The van der Waals surface area contributed by atoms with Gasteiger partial charge >= 0.3 is 0 Å². The van der Waals surface area contributed by atoms with Crippen LogP contribution >= 0.6 is 22.9 Å². The highest BCUT2D eigenvalue weighted by molar-refractivity contribution is 7.16. The van der Waals surface area contributed by atoms with Crippen molar-refractivity contribution < 1.29 is 4.79 Å². The van der Waals surface area contributed by atoms with Crippen LogP contribution in [0.2, 0.25) is 5.02 Å². The van der Waals surface area contributed by atoms with E-state index in [2.05, 4.69) is 11.4 Å². The number of halogens is 1. The molecule has 2 aromatic rings. The lowest BCUT2D eigenvalue weighted by Crippen LogP contribution is -2.12. The average Bonchev–Trinajstić information content (AvgIpc) is 2.64. The first-order chi connectivity index (χ1) is 9.04. The van der Waals surface area contributed by atoms with Crippen molar-refractivity contribution >= 4 is 33.8 Å². The molecule has 0 aliphatic rings. The Bertz CT molecular complexity index is 685. The Kier molecular flexibility index (Phi) is 3.89. The number of nitriles is 1. The predicted molar refractivity (Wildman–Crippen MR) is 77.9 cm³/mol. The molecule has 0 spiro atoms. The molecule has 1 amide bonds. The molecule has 0 saturated carbocycles. The van der Waals surface area contributed by atoms with Crippen molar-refractivity contribution in [3.8, 4) is 6.07 Å². The minimum atomic E-state index is -0.302. The number of amides is 1. The molecule has 2 rings (SSSR count). The van der Waals surface area contributed by atoms with Gasteiger partial charge in [-0.05, 0) is 31.5 Å². The Morgan fingerprint density at radius 3 is 2.68 bits per heavy atom. The zero-order valence-corrected chi connectivity index (χ0v) is 12.0. The summed E-state index contributed by atoms with van der Waals surface area (Å²) in [5.74, 6) is -0.302. The van der Waals surface area contributed by atoms with E-state index in [1.54, 1.807) is 24.3 Å². The molecule has 0 fully saturated rings. The fraction of sp³-hybridized carbons (Fsp3) is 0.143. The van der Waals surface area contributed by atoms with Crippen molar-refractivity contribution in [2.75, 3.05) is 5.32 Å². The molecule has 0 bridgehead atoms. The maximum absolute atomic E-state index is 12.1. The van der Waals surface area contributed by atoms with Gasteiger partial charge in [0.05, 0.1) is 16.1 Å². The molecule has 0 unspecified atom stereocenters. The number of nitrogens with one attached hydrogen (secondary N) is 1. The fourth-order valence-corrected chi connectivity index (χ4v) is 2.89. The fourth-order valence-electron chi connectivity index (χ4n) is 1.67. The van der Waals surface area contributed by atoms with E-state index in [9.17, 15) is 4.79 Å². The Morgan fingerprint density at radius 2 is 2.05 bits per heavy atom. The van der Waals surface area contributed by atoms with Gasteiger partial charge in [-0.25, -0.2) is 0 Å². The number of benzene rings is 1. The maximum Gasteiger partial charge on any atom is 0.257 e. The molecule has 3 nitrogen and oxygen atoms in total. The molecule has 1 aromatic heterocycles.